The van der Waals surface area contributed by atoms with E-state index in [9.17, 15) is 22.0 Å². The fourth-order valence-corrected chi connectivity index (χ4v) is 0.420. The van der Waals surface area contributed by atoms with Crippen LogP contribution in [-0.4, -0.2) is 11.8 Å². The third kappa shape index (κ3) is 1.70. The number of hydrogen-bond acceptors (Lipinski definition) is 0. The maximum absolute atomic E-state index is 12.1. The first-order chi connectivity index (χ1) is 4.75. The van der Waals surface area contributed by atoms with Gasteiger partial charge in [-0.05, 0) is 0 Å². The lowest BCUT2D eigenvalue weighted by molar-refractivity contribution is -0.195. The second-order valence-electron chi connectivity index (χ2n) is 2.04. The van der Waals surface area contributed by atoms with Crippen molar-refractivity contribution >= 4 is 0 Å². The zero-order valence-corrected chi connectivity index (χ0v) is 5.80. The highest BCUT2D eigenvalue weighted by Crippen LogP contribution is 2.41. The van der Waals surface area contributed by atoms with Crippen LogP contribution in [0.25, 0.3) is 0 Å². The van der Waals surface area contributed by atoms with Crippen molar-refractivity contribution in [2.75, 3.05) is 0 Å². The molecule has 0 spiro atoms. The highest BCUT2D eigenvalue weighted by atomic mass is 19.3. The summed E-state index contributed by atoms with van der Waals surface area (Å²) in [6.45, 7) is 2.99. The second-order valence-corrected chi connectivity index (χ2v) is 2.04. The molecule has 0 fully saturated rings. The van der Waals surface area contributed by atoms with Gasteiger partial charge in [0.05, 0.1) is 0 Å². The molecule has 0 aromatic carbocycles. The van der Waals surface area contributed by atoms with Crippen molar-refractivity contribution in [3.05, 3.63) is 12.4 Å². The van der Waals surface area contributed by atoms with Crippen molar-refractivity contribution < 1.29 is 22.0 Å². The Balaban J connectivity index is 4.67. The summed E-state index contributed by atoms with van der Waals surface area (Å²) in [5.41, 5.74) is 0. The first kappa shape index (κ1) is 10.4. The van der Waals surface area contributed by atoms with Gasteiger partial charge in [0.15, 0.2) is 5.83 Å². The Labute approximate surface area is 60.7 Å². The Morgan fingerprint density at radius 2 is 1.64 bits per heavy atom. The van der Waals surface area contributed by atoms with E-state index in [0.717, 1.165) is 6.92 Å². The zero-order valence-electron chi connectivity index (χ0n) is 5.80. The van der Waals surface area contributed by atoms with E-state index in [1.807, 2.05) is 0 Å². The third-order valence-electron chi connectivity index (χ3n) is 1.24. The van der Waals surface area contributed by atoms with Gasteiger partial charge in [-0.3, -0.25) is 0 Å². The topological polar surface area (TPSA) is 0 Å². The van der Waals surface area contributed by atoms with Crippen molar-refractivity contribution in [1.29, 1.82) is 0 Å². The van der Waals surface area contributed by atoms with E-state index in [2.05, 4.69) is 6.58 Å². The molecule has 0 amide bonds. The number of rotatable bonds is 3. The van der Waals surface area contributed by atoms with Gasteiger partial charge in [0, 0.05) is 6.42 Å². The van der Waals surface area contributed by atoms with E-state index >= 15 is 0 Å². The van der Waals surface area contributed by atoms with Gasteiger partial charge in [0.2, 0.25) is 0 Å². The molecule has 0 aliphatic rings. The average Bonchev–Trinajstić information content (AvgIpc) is 1.87. The van der Waals surface area contributed by atoms with Crippen molar-refractivity contribution in [3.63, 3.8) is 0 Å². The summed E-state index contributed by atoms with van der Waals surface area (Å²) < 4.78 is 60.2. The molecule has 5 heteroatoms. The van der Waals surface area contributed by atoms with Crippen LogP contribution in [0.3, 0.4) is 0 Å². The van der Waals surface area contributed by atoms with Crippen LogP contribution in [0.5, 0.6) is 0 Å². The van der Waals surface area contributed by atoms with Gasteiger partial charge in [-0.25, -0.2) is 4.39 Å². The van der Waals surface area contributed by atoms with Crippen LogP contribution >= 0.6 is 0 Å². The molecule has 0 N–H and O–H groups in total. The highest BCUT2D eigenvalue weighted by molar-refractivity contribution is 5.05. The fraction of sp³-hybridized carbons (Fsp3) is 0.667. The smallest absolute Gasteiger partial charge is 0.206 e. The van der Waals surface area contributed by atoms with E-state index in [0.29, 0.717) is 0 Å². The minimum Gasteiger partial charge on any atom is -0.206 e. The van der Waals surface area contributed by atoms with E-state index in [1.165, 1.54) is 0 Å². The van der Waals surface area contributed by atoms with E-state index < -0.39 is 24.1 Å². The Bertz CT molecular complexity index is 160. The van der Waals surface area contributed by atoms with Crippen LogP contribution in [0.1, 0.15) is 13.3 Å². The largest absolute Gasteiger partial charge is 0.360 e. The Kier molecular flexibility index (Phi) is 2.64. The molecule has 0 bridgehead atoms. The van der Waals surface area contributed by atoms with Gasteiger partial charge in [-0.2, -0.15) is 17.6 Å². The van der Waals surface area contributed by atoms with E-state index in [1.54, 1.807) is 0 Å². The standard InChI is InChI=1S/C6H7F5/c1-3-5(8,9)6(10,11)4(2)7/h2-3H2,1H3. The molecular formula is C6H7F5. The summed E-state index contributed by atoms with van der Waals surface area (Å²) >= 11 is 0. The Hall–Kier alpha value is -0.610. The van der Waals surface area contributed by atoms with E-state index in [-0.39, 0.29) is 0 Å². The normalized spacial score (nSPS) is 13.3. The minimum absolute atomic E-state index is 0.844. The van der Waals surface area contributed by atoms with Gasteiger partial charge >= 0.3 is 11.8 Å². The van der Waals surface area contributed by atoms with Crippen molar-refractivity contribution in [3.8, 4) is 0 Å². The van der Waals surface area contributed by atoms with Crippen LogP contribution in [0.15, 0.2) is 12.4 Å². The van der Waals surface area contributed by atoms with Gasteiger partial charge in [0.25, 0.3) is 0 Å². The summed E-state index contributed by atoms with van der Waals surface area (Å²) in [5, 5.41) is 0. The summed E-state index contributed by atoms with van der Waals surface area (Å²) in [7, 11) is 0. The summed E-state index contributed by atoms with van der Waals surface area (Å²) in [6.07, 6.45) is -1.12. The second kappa shape index (κ2) is 2.79. The molecular weight excluding hydrogens is 167 g/mol. The number of allylic oxidation sites excluding steroid dienone is 1. The molecule has 0 heterocycles. The van der Waals surface area contributed by atoms with Gasteiger partial charge in [0.1, 0.15) is 0 Å². The highest BCUT2D eigenvalue weighted by Gasteiger charge is 2.57. The monoisotopic (exact) mass is 174 g/mol. The average molecular weight is 174 g/mol. The summed E-state index contributed by atoms with van der Waals surface area (Å²) in [4.78, 5) is 0. The lowest BCUT2D eigenvalue weighted by Gasteiger charge is -2.23. The molecule has 0 radical (unpaired) electrons. The molecule has 0 saturated heterocycles. The predicted molar refractivity (Wildman–Crippen MR) is 30.4 cm³/mol. The lowest BCUT2D eigenvalue weighted by Crippen LogP contribution is -2.40. The van der Waals surface area contributed by atoms with Crippen molar-refractivity contribution in [1.82, 2.24) is 0 Å². The quantitative estimate of drug-likeness (QED) is 0.576. The zero-order chi connectivity index (χ0) is 9.28. The fourth-order valence-electron chi connectivity index (χ4n) is 0.420. The third-order valence-corrected chi connectivity index (χ3v) is 1.24. The molecule has 11 heavy (non-hydrogen) atoms. The molecule has 0 aliphatic carbocycles. The summed E-state index contributed by atoms with van der Waals surface area (Å²) in [5.74, 6) is -11.4. The van der Waals surface area contributed by atoms with Gasteiger partial charge < -0.3 is 0 Å². The Morgan fingerprint density at radius 3 is 1.73 bits per heavy atom. The molecule has 0 rings (SSSR count). The molecule has 0 aromatic rings. The number of alkyl halides is 4. The minimum atomic E-state index is -4.75. The Morgan fingerprint density at radius 1 is 1.27 bits per heavy atom. The molecule has 66 valence electrons. The maximum atomic E-state index is 12.1. The molecule has 0 aliphatic heterocycles. The first-order valence-corrected chi connectivity index (χ1v) is 2.86. The summed E-state index contributed by atoms with van der Waals surface area (Å²) in [6, 6.07) is 0. The van der Waals surface area contributed by atoms with E-state index in [4.69, 9.17) is 0 Å². The van der Waals surface area contributed by atoms with Crippen molar-refractivity contribution in [2.24, 2.45) is 0 Å². The molecule has 0 saturated carbocycles. The van der Waals surface area contributed by atoms with Crippen LogP contribution < -0.4 is 0 Å². The van der Waals surface area contributed by atoms with Crippen molar-refractivity contribution in [2.45, 2.75) is 25.2 Å². The predicted octanol–water partition coefficient (Wildman–Crippen LogP) is 3.15. The first-order valence-electron chi connectivity index (χ1n) is 2.86. The van der Waals surface area contributed by atoms with Gasteiger partial charge in [-0.15, -0.1) is 0 Å². The number of halogens is 5. The van der Waals surface area contributed by atoms with Crippen LogP contribution in [-0.2, 0) is 0 Å². The lowest BCUT2D eigenvalue weighted by atomic mass is 10.1. The van der Waals surface area contributed by atoms with Gasteiger partial charge in [-0.1, -0.05) is 13.5 Å². The molecule has 0 nitrogen and oxygen atoms in total. The van der Waals surface area contributed by atoms with Crippen LogP contribution in [0.2, 0.25) is 0 Å². The SMILES string of the molecule is C=C(F)C(F)(F)C(F)(F)CC. The molecule has 0 atom stereocenters. The number of hydrogen-bond donors (Lipinski definition) is 0. The van der Waals surface area contributed by atoms with Crippen LogP contribution in [0, 0.1) is 0 Å². The molecule has 0 unspecified atom stereocenters. The molecule has 0 aromatic heterocycles. The van der Waals surface area contributed by atoms with Crippen LogP contribution in [0.4, 0.5) is 22.0 Å². The maximum Gasteiger partial charge on any atom is 0.360 e.